The predicted octanol–water partition coefficient (Wildman–Crippen LogP) is 1.10. The molecule has 0 aromatic carbocycles. The molecule has 1 aliphatic heterocycles. The van der Waals surface area contributed by atoms with E-state index < -0.39 is 12.3 Å². The first kappa shape index (κ1) is 14.0. The minimum absolute atomic E-state index is 0.128. The lowest BCUT2D eigenvalue weighted by Gasteiger charge is -2.19. The molecule has 1 atom stereocenters. The zero-order chi connectivity index (χ0) is 15.9. The molecule has 0 aliphatic carbocycles. The molecule has 1 N–H and O–H groups in total. The van der Waals surface area contributed by atoms with E-state index in [1.54, 1.807) is 22.8 Å². The van der Waals surface area contributed by atoms with Gasteiger partial charge in [0.05, 0.1) is 13.2 Å². The summed E-state index contributed by atoms with van der Waals surface area (Å²) in [6, 6.07) is 9.10. The van der Waals surface area contributed by atoms with Crippen molar-refractivity contribution < 1.29 is 9.50 Å². The van der Waals surface area contributed by atoms with Gasteiger partial charge in [0.2, 0.25) is 5.82 Å². The number of halogens is 1. The second kappa shape index (κ2) is 5.24. The summed E-state index contributed by atoms with van der Waals surface area (Å²) >= 11 is 0. The van der Waals surface area contributed by atoms with Crippen LogP contribution in [-0.2, 0) is 0 Å². The number of anilines is 1. The molecule has 1 aliphatic rings. The minimum atomic E-state index is -1.56. The van der Waals surface area contributed by atoms with Crippen molar-refractivity contribution >= 4 is 11.5 Å². The molecule has 0 amide bonds. The van der Waals surface area contributed by atoms with Gasteiger partial charge in [-0.05, 0) is 24.3 Å². The van der Waals surface area contributed by atoms with Gasteiger partial charge in [-0.2, -0.15) is 4.52 Å². The van der Waals surface area contributed by atoms with Crippen molar-refractivity contribution in [1.29, 1.82) is 0 Å². The van der Waals surface area contributed by atoms with Gasteiger partial charge >= 0.3 is 0 Å². The molecule has 4 rings (SSSR count). The number of rotatable bonds is 3. The molecule has 3 aromatic heterocycles. The molecule has 0 spiro atoms. The Morgan fingerprint density at radius 3 is 2.87 bits per heavy atom. The largest absolute Gasteiger partial charge is 0.393 e. The van der Waals surface area contributed by atoms with Gasteiger partial charge in [-0.15, -0.1) is 15.3 Å². The number of hydrogen-bond donors (Lipinski definition) is 1. The van der Waals surface area contributed by atoms with E-state index in [9.17, 15) is 4.39 Å². The second-order valence-electron chi connectivity index (χ2n) is 5.68. The molecule has 8 heteroatoms. The minimum Gasteiger partial charge on any atom is -0.393 e. The van der Waals surface area contributed by atoms with Gasteiger partial charge < -0.3 is 10.0 Å². The zero-order valence-electron chi connectivity index (χ0n) is 12.3. The smallest absolute Gasteiger partial charge is 0.203 e. The fraction of sp³-hybridized carbons (Fsp3) is 0.333. The molecule has 1 unspecified atom stereocenters. The molecule has 23 heavy (non-hydrogen) atoms. The van der Waals surface area contributed by atoms with E-state index in [0.29, 0.717) is 35.9 Å². The molecule has 4 heterocycles. The maximum Gasteiger partial charge on any atom is 0.203 e. The van der Waals surface area contributed by atoms with Crippen molar-refractivity contribution in [3.63, 3.8) is 0 Å². The van der Waals surface area contributed by atoms with E-state index in [2.05, 4.69) is 20.3 Å². The Kier molecular flexibility index (Phi) is 3.19. The highest BCUT2D eigenvalue weighted by Gasteiger charge is 2.38. The van der Waals surface area contributed by atoms with Crippen LogP contribution in [0.2, 0.25) is 0 Å². The van der Waals surface area contributed by atoms with Gasteiger partial charge in [-0.25, -0.2) is 4.39 Å². The number of aromatic nitrogens is 5. The van der Waals surface area contributed by atoms with Crippen LogP contribution < -0.4 is 4.90 Å². The van der Waals surface area contributed by atoms with Crippen LogP contribution in [0.3, 0.4) is 0 Å². The van der Waals surface area contributed by atoms with Gasteiger partial charge in [0.1, 0.15) is 11.5 Å². The van der Waals surface area contributed by atoms with Gasteiger partial charge in [0.15, 0.2) is 11.3 Å². The summed E-state index contributed by atoms with van der Waals surface area (Å²) in [7, 11) is 0. The SMILES string of the molecule is OCC1(F)CCN(c2ccc3nnc(-c4ccccn4)n3n2)C1. The van der Waals surface area contributed by atoms with Crippen LogP contribution in [0.4, 0.5) is 10.2 Å². The normalized spacial score (nSPS) is 21.2. The van der Waals surface area contributed by atoms with Crippen molar-refractivity contribution in [2.24, 2.45) is 0 Å². The number of aliphatic hydroxyl groups excluding tert-OH is 1. The van der Waals surface area contributed by atoms with Crippen LogP contribution in [0, 0.1) is 0 Å². The van der Waals surface area contributed by atoms with Crippen LogP contribution in [0.25, 0.3) is 17.2 Å². The molecule has 3 aromatic rings. The Hall–Kier alpha value is -2.61. The first-order valence-corrected chi connectivity index (χ1v) is 7.37. The van der Waals surface area contributed by atoms with Crippen LogP contribution >= 0.6 is 0 Å². The summed E-state index contributed by atoms with van der Waals surface area (Å²) in [5, 5.41) is 21.9. The number of nitrogens with zero attached hydrogens (tertiary/aromatic N) is 6. The van der Waals surface area contributed by atoms with Crippen LogP contribution in [-0.4, -0.2) is 55.3 Å². The van der Waals surface area contributed by atoms with Crippen molar-refractivity contribution in [1.82, 2.24) is 24.8 Å². The molecule has 1 fully saturated rings. The highest BCUT2D eigenvalue weighted by molar-refractivity contribution is 5.56. The Morgan fingerprint density at radius 2 is 2.13 bits per heavy atom. The summed E-state index contributed by atoms with van der Waals surface area (Å²) in [5.41, 5.74) is -0.295. The molecular formula is C15H15FN6O. The van der Waals surface area contributed by atoms with E-state index >= 15 is 0 Å². The number of pyridine rings is 1. The first-order valence-electron chi connectivity index (χ1n) is 7.37. The Balaban J connectivity index is 1.74. The van der Waals surface area contributed by atoms with Crippen molar-refractivity contribution in [3.05, 3.63) is 36.5 Å². The average Bonchev–Trinajstić information content (AvgIpc) is 3.19. The molecule has 0 bridgehead atoms. The van der Waals surface area contributed by atoms with Crippen LogP contribution in [0.5, 0.6) is 0 Å². The molecular weight excluding hydrogens is 299 g/mol. The van der Waals surface area contributed by atoms with Crippen molar-refractivity contribution in [2.75, 3.05) is 24.6 Å². The lowest BCUT2D eigenvalue weighted by Crippen LogP contribution is -2.32. The summed E-state index contributed by atoms with van der Waals surface area (Å²) in [5.74, 6) is 1.16. The highest BCUT2D eigenvalue weighted by Crippen LogP contribution is 2.28. The van der Waals surface area contributed by atoms with E-state index in [1.165, 1.54) is 0 Å². The number of fused-ring (bicyclic) bond motifs is 1. The van der Waals surface area contributed by atoms with E-state index in [-0.39, 0.29) is 6.54 Å². The quantitative estimate of drug-likeness (QED) is 0.780. The number of hydrogen-bond acceptors (Lipinski definition) is 6. The first-order chi connectivity index (χ1) is 11.2. The monoisotopic (exact) mass is 314 g/mol. The Bertz CT molecular complexity index is 838. The Morgan fingerprint density at radius 1 is 1.22 bits per heavy atom. The second-order valence-corrected chi connectivity index (χ2v) is 5.68. The third kappa shape index (κ3) is 2.40. The van der Waals surface area contributed by atoms with Crippen LogP contribution in [0.15, 0.2) is 36.5 Å². The third-order valence-corrected chi connectivity index (χ3v) is 4.05. The fourth-order valence-electron chi connectivity index (χ4n) is 2.76. The third-order valence-electron chi connectivity index (χ3n) is 4.05. The topological polar surface area (TPSA) is 79.4 Å². The van der Waals surface area contributed by atoms with Gasteiger partial charge in [-0.3, -0.25) is 4.98 Å². The van der Waals surface area contributed by atoms with E-state index in [0.717, 1.165) is 0 Å². The Labute approximate surface area is 131 Å². The van der Waals surface area contributed by atoms with Crippen molar-refractivity contribution in [3.8, 4) is 11.5 Å². The lowest BCUT2D eigenvalue weighted by molar-refractivity contribution is 0.0909. The van der Waals surface area contributed by atoms with Crippen LogP contribution in [0.1, 0.15) is 6.42 Å². The molecule has 118 valence electrons. The van der Waals surface area contributed by atoms with Gasteiger partial charge in [-0.1, -0.05) is 6.07 Å². The molecule has 0 saturated carbocycles. The van der Waals surface area contributed by atoms with E-state index in [4.69, 9.17) is 5.11 Å². The maximum atomic E-state index is 14.2. The van der Waals surface area contributed by atoms with Crippen molar-refractivity contribution in [2.45, 2.75) is 12.1 Å². The predicted molar refractivity (Wildman–Crippen MR) is 81.8 cm³/mol. The van der Waals surface area contributed by atoms with Gasteiger partial charge in [0.25, 0.3) is 0 Å². The molecule has 1 saturated heterocycles. The van der Waals surface area contributed by atoms with E-state index in [1.807, 2.05) is 23.1 Å². The summed E-state index contributed by atoms with van der Waals surface area (Å²) in [4.78, 5) is 6.08. The fourth-order valence-corrected chi connectivity index (χ4v) is 2.76. The summed E-state index contributed by atoms with van der Waals surface area (Å²) < 4.78 is 15.8. The lowest BCUT2D eigenvalue weighted by atomic mass is 10.1. The number of aliphatic hydroxyl groups is 1. The standard InChI is InChI=1S/C15H15FN6O/c16-15(10-23)6-8-21(9-15)13-5-4-12-18-19-14(22(12)20-13)11-3-1-2-7-17-11/h1-5,7,23H,6,8-10H2. The highest BCUT2D eigenvalue weighted by atomic mass is 19.1. The molecule has 7 nitrogen and oxygen atoms in total. The maximum absolute atomic E-state index is 14.2. The number of alkyl halides is 1. The zero-order valence-corrected chi connectivity index (χ0v) is 12.3. The molecule has 0 radical (unpaired) electrons. The average molecular weight is 314 g/mol. The summed E-state index contributed by atoms with van der Waals surface area (Å²) in [6.07, 6.45) is 1.97. The van der Waals surface area contributed by atoms with Gasteiger partial charge in [0, 0.05) is 19.2 Å². The summed E-state index contributed by atoms with van der Waals surface area (Å²) in [6.45, 7) is 0.164.